The minimum Gasteiger partial charge on any atom is -0.489 e. The molecule has 0 bridgehead atoms. The summed E-state index contributed by atoms with van der Waals surface area (Å²) in [6.45, 7) is 2.09. The van der Waals surface area contributed by atoms with Crippen molar-refractivity contribution in [2.24, 2.45) is 7.05 Å². The second kappa shape index (κ2) is 5.80. The first kappa shape index (κ1) is 14.2. The van der Waals surface area contributed by atoms with E-state index < -0.39 is 0 Å². The van der Waals surface area contributed by atoms with Crippen molar-refractivity contribution in [2.45, 2.75) is 19.4 Å². The molecule has 6 heteroatoms. The average molecular weight is 303 g/mol. The predicted octanol–water partition coefficient (Wildman–Crippen LogP) is 3.84. The maximum atomic E-state index is 13.3. The molecule has 0 aliphatic heterocycles. The van der Waals surface area contributed by atoms with Gasteiger partial charge in [-0.2, -0.15) is 5.10 Å². The molecule has 1 heterocycles. The Hall–Kier alpha value is -1.26. The van der Waals surface area contributed by atoms with Gasteiger partial charge < -0.3 is 4.74 Å². The minimum atomic E-state index is -0.373. The third-order valence-corrected chi connectivity index (χ3v) is 3.52. The summed E-state index contributed by atoms with van der Waals surface area (Å²) in [5, 5.41) is 4.70. The molecule has 19 heavy (non-hydrogen) atoms. The number of aryl methyl sites for hydroxylation is 2. The molecule has 0 fully saturated rings. The summed E-state index contributed by atoms with van der Waals surface area (Å²) in [5.41, 5.74) is 2.26. The van der Waals surface area contributed by atoms with E-state index in [4.69, 9.17) is 27.9 Å². The summed E-state index contributed by atoms with van der Waals surface area (Å²) in [5.74, 6) is 0.290. The number of hydrogen-bond acceptors (Lipinski definition) is 2. The molecule has 0 atom stereocenters. The SMILES string of the molecule is Cc1nn(C)c(Cl)c1COc1cc(F)cc(CCl)c1. The van der Waals surface area contributed by atoms with Crippen LogP contribution in [0.1, 0.15) is 16.8 Å². The zero-order valence-electron chi connectivity index (χ0n) is 10.6. The van der Waals surface area contributed by atoms with Crippen LogP contribution in [0.4, 0.5) is 4.39 Å². The van der Waals surface area contributed by atoms with Crippen LogP contribution in [0, 0.1) is 12.7 Å². The Morgan fingerprint density at radius 1 is 1.37 bits per heavy atom. The summed E-state index contributed by atoms with van der Waals surface area (Å²) in [6, 6.07) is 4.40. The van der Waals surface area contributed by atoms with Crippen LogP contribution in [0.15, 0.2) is 18.2 Å². The molecular formula is C13H13Cl2FN2O. The zero-order valence-corrected chi connectivity index (χ0v) is 12.1. The fourth-order valence-electron chi connectivity index (χ4n) is 1.77. The van der Waals surface area contributed by atoms with Gasteiger partial charge in [0.15, 0.2) is 0 Å². The molecule has 1 aromatic heterocycles. The van der Waals surface area contributed by atoms with Gasteiger partial charge in [-0.05, 0) is 24.6 Å². The Morgan fingerprint density at radius 3 is 2.68 bits per heavy atom. The van der Waals surface area contributed by atoms with Crippen LogP contribution in [0.2, 0.25) is 5.15 Å². The Kier molecular flexibility index (Phi) is 4.32. The summed E-state index contributed by atoms with van der Waals surface area (Å²) in [7, 11) is 1.76. The number of alkyl halides is 1. The minimum absolute atomic E-state index is 0.237. The van der Waals surface area contributed by atoms with Crippen LogP contribution in [0.3, 0.4) is 0 Å². The molecule has 2 aromatic rings. The highest BCUT2D eigenvalue weighted by Gasteiger charge is 2.12. The van der Waals surface area contributed by atoms with Crippen molar-refractivity contribution in [3.8, 4) is 5.75 Å². The highest BCUT2D eigenvalue weighted by Crippen LogP contribution is 2.23. The van der Waals surface area contributed by atoms with Crippen LogP contribution < -0.4 is 4.74 Å². The zero-order chi connectivity index (χ0) is 14.0. The van der Waals surface area contributed by atoms with Gasteiger partial charge in [-0.1, -0.05) is 11.6 Å². The van der Waals surface area contributed by atoms with Crippen LogP contribution in [0.5, 0.6) is 5.75 Å². The molecule has 0 saturated heterocycles. The lowest BCUT2D eigenvalue weighted by Crippen LogP contribution is -1.98. The maximum Gasteiger partial charge on any atom is 0.133 e. The van der Waals surface area contributed by atoms with Crippen molar-refractivity contribution in [3.05, 3.63) is 46.0 Å². The number of ether oxygens (including phenoxy) is 1. The second-order valence-electron chi connectivity index (χ2n) is 4.20. The summed E-state index contributed by atoms with van der Waals surface area (Å²) < 4.78 is 20.5. The van der Waals surface area contributed by atoms with E-state index in [1.807, 2.05) is 6.92 Å². The maximum absolute atomic E-state index is 13.3. The van der Waals surface area contributed by atoms with Gasteiger partial charge in [0.25, 0.3) is 0 Å². The van der Waals surface area contributed by atoms with E-state index in [-0.39, 0.29) is 18.3 Å². The molecule has 0 amide bonds. The van der Waals surface area contributed by atoms with Gasteiger partial charge in [0.2, 0.25) is 0 Å². The molecule has 0 spiro atoms. The van der Waals surface area contributed by atoms with Crippen LogP contribution in [0.25, 0.3) is 0 Å². The van der Waals surface area contributed by atoms with Crippen LogP contribution in [-0.4, -0.2) is 9.78 Å². The number of halogens is 3. The number of rotatable bonds is 4. The van der Waals surface area contributed by atoms with Crippen molar-refractivity contribution < 1.29 is 9.13 Å². The molecule has 0 radical (unpaired) electrons. The Bertz CT molecular complexity index is 599. The van der Waals surface area contributed by atoms with E-state index in [1.165, 1.54) is 12.1 Å². The van der Waals surface area contributed by atoms with Crippen molar-refractivity contribution in [2.75, 3.05) is 0 Å². The number of hydrogen-bond donors (Lipinski definition) is 0. The third-order valence-electron chi connectivity index (χ3n) is 2.74. The summed E-state index contributed by atoms with van der Waals surface area (Å²) >= 11 is 11.8. The quantitative estimate of drug-likeness (QED) is 0.802. The fraction of sp³-hybridized carbons (Fsp3) is 0.308. The van der Waals surface area contributed by atoms with Gasteiger partial charge >= 0.3 is 0 Å². The highest BCUT2D eigenvalue weighted by atomic mass is 35.5. The topological polar surface area (TPSA) is 27.1 Å². The van der Waals surface area contributed by atoms with Crippen molar-refractivity contribution >= 4 is 23.2 Å². The van der Waals surface area contributed by atoms with Crippen molar-refractivity contribution in [3.63, 3.8) is 0 Å². The Labute approximate surface area is 120 Å². The first-order valence-electron chi connectivity index (χ1n) is 5.67. The molecule has 2 rings (SSSR count). The van der Waals surface area contributed by atoms with Gasteiger partial charge in [0, 0.05) is 24.6 Å². The van der Waals surface area contributed by atoms with Gasteiger partial charge in [-0.3, -0.25) is 4.68 Å². The third kappa shape index (κ3) is 3.19. The molecule has 102 valence electrons. The number of nitrogens with zero attached hydrogens (tertiary/aromatic N) is 2. The van der Waals surface area contributed by atoms with E-state index in [9.17, 15) is 4.39 Å². The summed E-state index contributed by atoms with van der Waals surface area (Å²) in [6.07, 6.45) is 0. The Balaban J connectivity index is 2.16. The first-order valence-corrected chi connectivity index (χ1v) is 6.58. The molecular weight excluding hydrogens is 290 g/mol. The molecule has 0 aliphatic rings. The fourth-order valence-corrected chi connectivity index (χ4v) is 2.16. The molecule has 3 nitrogen and oxygen atoms in total. The highest BCUT2D eigenvalue weighted by molar-refractivity contribution is 6.30. The molecule has 0 saturated carbocycles. The molecule has 0 N–H and O–H groups in total. The monoisotopic (exact) mass is 302 g/mol. The average Bonchev–Trinajstić information content (AvgIpc) is 2.60. The normalized spacial score (nSPS) is 10.8. The van der Waals surface area contributed by atoms with Crippen molar-refractivity contribution in [1.29, 1.82) is 0 Å². The molecule has 0 unspecified atom stereocenters. The standard InChI is InChI=1S/C13H13Cl2FN2O/c1-8-12(13(15)18(2)17-8)7-19-11-4-9(6-14)3-10(16)5-11/h3-5H,6-7H2,1-2H3. The Morgan fingerprint density at radius 2 is 2.11 bits per heavy atom. The smallest absolute Gasteiger partial charge is 0.133 e. The largest absolute Gasteiger partial charge is 0.489 e. The molecule has 0 aliphatic carbocycles. The summed E-state index contributed by atoms with van der Waals surface area (Å²) in [4.78, 5) is 0. The van der Waals surface area contributed by atoms with E-state index in [0.29, 0.717) is 16.5 Å². The number of aromatic nitrogens is 2. The lowest BCUT2D eigenvalue weighted by Gasteiger charge is -2.07. The van der Waals surface area contributed by atoms with Gasteiger partial charge in [-0.15, -0.1) is 11.6 Å². The predicted molar refractivity (Wildman–Crippen MR) is 73.2 cm³/mol. The van der Waals surface area contributed by atoms with Crippen LogP contribution in [-0.2, 0) is 19.5 Å². The van der Waals surface area contributed by atoms with E-state index >= 15 is 0 Å². The van der Waals surface area contributed by atoms with Crippen LogP contribution >= 0.6 is 23.2 Å². The van der Waals surface area contributed by atoms with E-state index in [1.54, 1.807) is 17.8 Å². The van der Waals surface area contributed by atoms with Gasteiger partial charge in [0.1, 0.15) is 23.3 Å². The lowest BCUT2D eigenvalue weighted by atomic mass is 10.2. The van der Waals surface area contributed by atoms with Gasteiger partial charge in [-0.25, -0.2) is 4.39 Å². The second-order valence-corrected chi connectivity index (χ2v) is 4.82. The van der Waals surface area contributed by atoms with Crippen molar-refractivity contribution in [1.82, 2.24) is 9.78 Å². The van der Waals surface area contributed by atoms with E-state index in [2.05, 4.69) is 5.10 Å². The van der Waals surface area contributed by atoms with Gasteiger partial charge in [0.05, 0.1) is 5.69 Å². The molecule has 1 aromatic carbocycles. The first-order chi connectivity index (χ1) is 9.01. The lowest BCUT2D eigenvalue weighted by molar-refractivity contribution is 0.303. The number of benzene rings is 1. The van der Waals surface area contributed by atoms with E-state index in [0.717, 1.165) is 11.3 Å².